The lowest BCUT2D eigenvalue weighted by molar-refractivity contribution is -0.137. The van der Waals surface area contributed by atoms with Gasteiger partial charge in [0.05, 0.1) is 19.6 Å². The number of amides is 1. The second-order valence-electron chi connectivity index (χ2n) is 6.66. The first-order valence-electron chi connectivity index (χ1n) is 8.57. The Hall–Kier alpha value is -2.40. The first-order chi connectivity index (χ1) is 12.0. The molecule has 1 aliphatic rings. The number of ether oxygens (including phenoxy) is 1. The van der Waals surface area contributed by atoms with Gasteiger partial charge in [-0.2, -0.15) is 0 Å². The fourth-order valence-corrected chi connectivity index (χ4v) is 3.55. The Labute approximate surface area is 148 Å². The monoisotopic (exact) mass is 340 g/mol. The predicted octanol–water partition coefficient (Wildman–Crippen LogP) is 2.53. The number of carbonyl (C=O) groups excluding carboxylic acids is 1. The predicted molar refractivity (Wildman–Crippen MR) is 95.2 cm³/mol. The summed E-state index contributed by atoms with van der Waals surface area (Å²) in [5, 5.41) is 11.2. The van der Waals surface area contributed by atoms with E-state index in [0.29, 0.717) is 13.0 Å². The number of rotatable bonds is 5. The summed E-state index contributed by atoms with van der Waals surface area (Å²) in [6, 6.07) is 10.9. The average molecular weight is 340 g/mol. The Balaban J connectivity index is 1.78. The molecule has 5 nitrogen and oxygen atoms in total. The zero-order valence-electron chi connectivity index (χ0n) is 14.7. The molecule has 25 heavy (non-hydrogen) atoms. The van der Waals surface area contributed by atoms with Crippen molar-refractivity contribution in [3.8, 4) is 5.75 Å². The molecule has 0 spiro atoms. The zero-order chi connectivity index (χ0) is 17.9. The number of aromatic nitrogens is 1. The van der Waals surface area contributed by atoms with Gasteiger partial charge >= 0.3 is 0 Å². The van der Waals surface area contributed by atoms with Crippen LogP contribution < -0.4 is 4.74 Å². The van der Waals surface area contributed by atoms with Gasteiger partial charge < -0.3 is 14.7 Å². The van der Waals surface area contributed by atoms with Gasteiger partial charge in [-0.15, -0.1) is 0 Å². The van der Waals surface area contributed by atoms with Crippen LogP contribution in [-0.4, -0.2) is 40.6 Å². The SMILES string of the molecule is COc1ccc([C@@](C)(O)[C@@H]2CCCN2C(=O)Cc2cccnc2)cc1. The van der Waals surface area contributed by atoms with Gasteiger partial charge in [-0.05, 0) is 49.1 Å². The summed E-state index contributed by atoms with van der Waals surface area (Å²) in [5.74, 6) is 0.778. The molecule has 2 atom stereocenters. The molecule has 0 saturated carbocycles. The third-order valence-electron chi connectivity index (χ3n) is 4.97. The van der Waals surface area contributed by atoms with Crippen molar-refractivity contribution < 1.29 is 14.6 Å². The number of benzene rings is 1. The van der Waals surface area contributed by atoms with Crippen molar-refractivity contribution in [1.29, 1.82) is 0 Å². The molecule has 1 amide bonds. The van der Waals surface area contributed by atoms with Crippen molar-refractivity contribution in [2.24, 2.45) is 0 Å². The normalized spacial score (nSPS) is 19.5. The molecule has 2 heterocycles. The van der Waals surface area contributed by atoms with Crippen LogP contribution in [0.15, 0.2) is 48.8 Å². The molecule has 0 aliphatic carbocycles. The van der Waals surface area contributed by atoms with Crippen LogP contribution in [0.25, 0.3) is 0 Å². The van der Waals surface area contributed by atoms with E-state index in [1.54, 1.807) is 26.4 Å². The minimum atomic E-state index is -1.10. The lowest BCUT2D eigenvalue weighted by atomic mass is 9.86. The maximum Gasteiger partial charge on any atom is 0.227 e. The molecule has 132 valence electrons. The van der Waals surface area contributed by atoms with Crippen LogP contribution in [0.2, 0.25) is 0 Å². The van der Waals surface area contributed by atoms with Gasteiger partial charge in [-0.25, -0.2) is 0 Å². The first kappa shape index (κ1) is 17.4. The summed E-state index contributed by atoms with van der Waals surface area (Å²) in [6.45, 7) is 2.46. The maximum absolute atomic E-state index is 12.8. The molecular weight excluding hydrogens is 316 g/mol. The summed E-state index contributed by atoms with van der Waals surface area (Å²) in [5.41, 5.74) is 0.578. The Bertz CT molecular complexity index is 713. The highest BCUT2D eigenvalue weighted by Gasteiger charge is 2.42. The Kier molecular flexibility index (Phi) is 5.04. The highest BCUT2D eigenvalue weighted by molar-refractivity contribution is 5.79. The molecule has 0 radical (unpaired) electrons. The van der Waals surface area contributed by atoms with Gasteiger partial charge in [0.1, 0.15) is 11.4 Å². The number of nitrogens with zero attached hydrogens (tertiary/aromatic N) is 2. The van der Waals surface area contributed by atoms with Crippen LogP contribution in [0, 0.1) is 0 Å². The summed E-state index contributed by atoms with van der Waals surface area (Å²) in [7, 11) is 1.61. The van der Waals surface area contributed by atoms with E-state index < -0.39 is 5.60 Å². The Morgan fingerprint density at radius 1 is 1.36 bits per heavy atom. The lowest BCUT2D eigenvalue weighted by Gasteiger charge is -2.37. The minimum Gasteiger partial charge on any atom is -0.497 e. The van der Waals surface area contributed by atoms with Crippen LogP contribution in [0.4, 0.5) is 0 Å². The quantitative estimate of drug-likeness (QED) is 0.908. The van der Waals surface area contributed by atoms with E-state index in [1.165, 1.54) is 0 Å². The van der Waals surface area contributed by atoms with E-state index in [0.717, 1.165) is 29.7 Å². The van der Waals surface area contributed by atoms with Gasteiger partial charge in [-0.3, -0.25) is 9.78 Å². The number of carbonyl (C=O) groups is 1. The van der Waals surface area contributed by atoms with E-state index in [9.17, 15) is 9.90 Å². The number of hydrogen-bond acceptors (Lipinski definition) is 4. The van der Waals surface area contributed by atoms with Gasteiger partial charge in [0.25, 0.3) is 0 Å². The van der Waals surface area contributed by atoms with Crippen LogP contribution in [0.1, 0.15) is 30.9 Å². The second kappa shape index (κ2) is 7.23. The molecule has 1 fully saturated rings. The first-order valence-corrected chi connectivity index (χ1v) is 8.57. The smallest absolute Gasteiger partial charge is 0.227 e. The fourth-order valence-electron chi connectivity index (χ4n) is 3.55. The highest BCUT2D eigenvalue weighted by Crippen LogP contribution is 2.35. The van der Waals surface area contributed by atoms with Crippen LogP contribution >= 0.6 is 0 Å². The van der Waals surface area contributed by atoms with Crippen molar-refractivity contribution >= 4 is 5.91 Å². The number of likely N-dealkylation sites (tertiary alicyclic amines) is 1. The number of pyridine rings is 1. The molecule has 5 heteroatoms. The van der Waals surface area contributed by atoms with Gasteiger partial charge in [-0.1, -0.05) is 18.2 Å². The molecule has 3 rings (SSSR count). The zero-order valence-corrected chi connectivity index (χ0v) is 14.7. The second-order valence-corrected chi connectivity index (χ2v) is 6.66. The molecule has 1 aromatic carbocycles. The topological polar surface area (TPSA) is 62.7 Å². The van der Waals surface area contributed by atoms with E-state index in [4.69, 9.17) is 4.74 Å². The maximum atomic E-state index is 12.8. The number of methoxy groups -OCH3 is 1. The molecule has 2 aromatic rings. The van der Waals surface area contributed by atoms with E-state index >= 15 is 0 Å². The van der Waals surface area contributed by atoms with Crippen LogP contribution in [0.5, 0.6) is 5.75 Å². The van der Waals surface area contributed by atoms with Crippen molar-refractivity contribution in [1.82, 2.24) is 9.88 Å². The molecule has 1 aliphatic heterocycles. The molecule has 1 saturated heterocycles. The summed E-state index contributed by atoms with van der Waals surface area (Å²) in [6.07, 6.45) is 5.41. The molecule has 0 bridgehead atoms. The van der Waals surface area contributed by atoms with E-state index in [1.807, 2.05) is 41.3 Å². The van der Waals surface area contributed by atoms with E-state index in [-0.39, 0.29) is 11.9 Å². The molecule has 1 N–H and O–H groups in total. The van der Waals surface area contributed by atoms with E-state index in [2.05, 4.69) is 4.98 Å². The molecular formula is C20H24N2O3. The highest BCUT2D eigenvalue weighted by atomic mass is 16.5. The van der Waals surface area contributed by atoms with Crippen molar-refractivity contribution in [3.63, 3.8) is 0 Å². The average Bonchev–Trinajstić information content (AvgIpc) is 3.13. The fraction of sp³-hybridized carbons (Fsp3) is 0.400. The van der Waals surface area contributed by atoms with Gasteiger partial charge in [0, 0.05) is 18.9 Å². The molecule has 0 unspecified atom stereocenters. The van der Waals surface area contributed by atoms with Crippen LogP contribution in [0.3, 0.4) is 0 Å². The number of aliphatic hydroxyl groups is 1. The van der Waals surface area contributed by atoms with Crippen molar-refractivity contribution in [2.75, 3.05) is 13.7 Å². The molecule has 1 aromatic heterocycles. The number of hydrogen-bond donors (Lipinski definition) is 1. The Morgan fingerprint density at radius 2 is 2.12 bits per heavy atom. The summed E-state index contributed by atoms with van der Waals surface area (Å²) in [4.78, 5) is 18.7. The van der Waals surface area contributed by atoms with Crippen molar-refractivity contribution in [3.05, 3.63) is 59.9 Å². The standard InChI is InChI=1S/C20H24N2O3/c1-20(24,16-7-9-17(25-2)10-8-16)18-6-4-12-22(18)19(23)13-15-5-3-11-21-14-15/h3,5,7-11,14,18,24H,4,6,12-13H2,1-2H3/t18-,20+/m0/s1. The summed E-state index contributed by atoms with van der Waals surface area (Å²) < 4.78 is 5.18. The minimum absolute atomic E-state index is 0.0317. The summed E-state index contributed by atoms with van der Waals surface area (Å²) >= 11 is 0. The third kappa shape index (κ3) is 3.66. The van der Waals surface area contributed by atoms with Crippen molar-refractivity contribution in [2.45, 2.75) is 37.8 Å². The third-order valence-corrected chi connectivity index (χ3v) is 4.97. The van der Waals surface area contributed by atoms with Crippen LogP contribution in [-0.2, 0) is 16.8 Å². The van der Waals surface area contributed by atoms with Gasteiger partial charge in [0.2, 0.25) is 5.91 Å². The Morgan fingerprint density at radius 3 is 2.76 bits per heavy atom. The van der Waals surface area contributed by atoms with Gasteiger partial charge in [0.15, 0.2) is 0 Å². The largest absolute Gasteiger partial charge is 0.497 e. The lowest BCUT2D eigenvalue weighted by Crippen LogP contribution is -2.48.